The molecule has 0 spiro atoms. The Morgan fingerprint density at radius 2 is 1.71 bits per heavy atom. The van der Waals surface area contributed by atoms with Crippen LogP contribution in [-0.2, 0) is 21.8 Å². The normalized spacial score (nSPS) is 21.5. The van der Waals surface area contributed by atoms with Crippen molar-refractivity contribution in [1.29, 1.82) is 0 Å². The maximum absolute atomic E-state index is 13.7. The number of hydrogen-bond acceptors (Lipinski definition) is 4. The lowest BCUT2D eigenvalue weighted by molar-refractivity contribution is -0.137. The number of benzene rings is 1. The Labute approximate surface area is 245 Å². The highest BCUT2D eigenvalue weighted by atomic mass is 28.4. The van der Waals surface area contributed by atoms with E-state index in [0.29, 0.717) is 11.3 Å². The zero-order valence-electron chi connectivity index (χ0n) is 26.2. The number of rotatable bonds is 7. The highest BCUT2D eigenvalue weighted by Crippen LogP contribution is 2.53. The summed E-state index contributed by atoms with van der Waals surface area (Å²) in [6.07, 6.45) is -0.737. The van der Waals surface area contributed by atoms with Gasteiger partial charge in [0.15, 0.2) is 8.32 Å². The van der Waals surface area contributed by atoms with Crippen molar-refractivity contribution in [1.82, 2.24) is 4.98 Å². The lowest BCUT2D eigenvalue weighted by Gasteiger charge is -2.45. The largest absolute Gasteiger partial charge is 0.416 e. The van der Waals surface area contributed by atoms with E-state index in [-0.39, 0.29) is 28.0 Å². The van der Waals surface area contributed by atoms with Crippen LogP contribution in [-0.4, -0.2) is 25.5 Å². The number of methoxy groups -OCH3 is 1. The molecule has 1 N–H and O–H groups in total. The minimum Gasteiger partial charge on any atom is -0.410 e. The molecule has 41 heavy (non-hydrogen) atoms. The van der Waals surface area contributed by atoms with Crippen LogP contribution < -0.4 is 0 Å². The SMILES string of the molecule is COC(C)c1nc2c(c(C3CCCC3)c1C(O)c1cccc(C(F)(F)F)c1)[C@@H](O[Si](C)(C)C(C)(C)C)CC(C)(C)C2. The van der Waals surface area contributed by atoms with Gasteiger partial charge in [0.05, 0.1) is 23.5 Å². The molecule has 3 atom stereocenters. The van der Waals surface area contributed by atoms with Gasteiger partial charge in [0, 0.05) is 23.9 Å². The molecule has 0 saturated heterocycles. The maximum atomic E-state index is 13.7. The van der Waals surface area contributed by atoms with Gasteiger partial charge < -0.3 is 14.3 Å². The van der Waals surface area contributed by atoms with Crippen molar-refractivity contribution < 1.29 is 27.4 Å². The minimum absolute atomic E-state index is 0.000583. The van der Waals surface area contributed by atoms with Crippen molar-refractivity contribution in [3.8, 4) is 0 Å². The zero-order chi connectivity index (χ0) is 30.5. The summed E-state index contributed by atoms with van der Waals surface area (Å²) in [6, 6.07) is 5.05. The third-order valence-corrected chi connectivity index (χ3v) is 14.2. The number of halogens is 3. The molecule has 1 fully saturated rings. The number of alkyl halides is 3. The van der Waals surface area contributed by atoms with Crippen molar-refractivity contribution in [3.05, 3.63) is 63.5 Å². The Morgan fingerprint density at radius 1 is 1.07 bits per heavy atom. The molecule has 8 heteroatoms. The van der Waals surface area contributed by atoms with Gasteiger partial charge >= 0.3 is 6.18 Å². The Kier molecular flexibility index (Phi) is 8.95. The average Bonchev–Trinajstić information content (AvgIpc) is 3.39. The maximum Gasteiger partial charge on any atom is 0.416 e. The lowest BCUT2D eigenvalue weighted by Crippen LogP contribution is -2.44. The summed E-state index contributed by atoms with van der Waals surface area (Å²) in [7, 11) is -0.599. The first-order valence-electron chi connectivity index (χ1n) is 15.0. The topological polar surface area (TPSA) is 51.6 Å². The van der Waals surface area contributed by atoms with Crippen LogP contribution >= 0.6 is 0 Å². The second-order valence-corrected chi connectivity index (χ2v) is 19.2. The van der Waals surface area contributed by atoms with Crippen molar-refractivity contribution in [2.24, 2.45) is 5.41 Å². The van der Waals surface area contributed by atoms with Gasteiger partial charge in [0.25, 0.3) is 0 Å². The molecule has 0 bridgehead atoms. The summed E-state index contributed by atoms with van der Waals surface area (Å²) < 4.78 is 54.0. The highest BCUT2D eigenvalue weighted by Gasteiger charge is 2.46. The van der Waals surface area contributed by atoms with E-state index in [4.69, 9.17) is 14.1 Å². The number of hydrogen-bond donors (Lipinski definition) is 1. The van der Waals surface area contributed by atoms with E-state index < -0.39 is 32.3 Å². The molecule has 1 saturated carbocycles. The molecule has 2 aliphatic rings. The van der Waals surface area contributed by atoms with Gasteiger partial charge in [-0.2, -0.15) is 13.2 Å². The van der Waals surface area contributed by atoms with E-state index in [1.807, 2.05) is 6.92 Å². The van der Waals surface area contributed by atoms with Crippen molar-refractivity contribution in [2.45, 2.75) is 129 Å². The molecule has 4 rings (SSSR count). The molecule has 2 aromatic rings. The quantitative estimate of drug-likeness (QED) is 0.326. The van der Waals surface area contributed by atoms with Crippen LogP contribution in [0.1, 0.15) is 137 Å². The number of aliphatic hydroxyl groups excluding tert-OH is 1. The second-order valence-electron chi connectivity index (χ2n) is 14.5. The van der Waals surface area contributed by atoms with E-state index in [2.05, 4.69) is 47.7 Å². The number of pyridine rings is 1. The Hall–Kier alpha value is -1.74. The molecule has 1 aromatic carbocycles. The van der Waals surface area contributed by atoms with E-state index in [0.717, 1.165) is 67.5 Å². The second kappa shape index (κ2) is 11.4. The van der Waals surface area contributed by atoms with E-state index in [1.165, 1.54) is 6.07 Å². The van der Waals surface area contributed by atoms with Gasteiger partial charge in [-0.1, -0.05) is 59.6 Å². The molecule has 2 unspecified atom stereocenters. The molecule has 0 aliphatic heterocycles. The standard InChI is InChI=1S/C33H48F3NO3Si/c1-20(39-7)29-28(30(38)22-15-12-16-23(17-22)33(34,35)36)26(21-13-10-11-14-21)27-24(37-29)18-32(5,6)19-25(27)40-41(8,9)31(2,3)4/h12,15-17,20-21,25,30,38H,10-11,13-14,18-19H2,1-9H3/t20?,25-,30?/m0/s1. The van der Waals surface area contributed by atoms with Crippen LogP contribution in [0.25, 0.3) is 0 Å². The van der Waals surface area contributed by atoms with E-state index in [9.17, 15) is 18.3 Å². The van der Waals surface area contributed by atoms with Crippen molar-refractivity contribution in [3.63, 3.8) is 0 Å². The molecule has 2 aliphatic carbocycles. The average molecular weight is 592 g/mol. The number of ether oxygens (including phenoxy) is 1. The summed E-state index contributed by atoms with van der Waals surface area (Å²) in [6.45, 7) is 17.6. The van der Waals surface area contributed by atoms with Gasteiger partial charge in [-0.15, -0.1) is 0 Å². The summed E-state index contributed by atoms with van der Waals surface area (Å²) in [5.74, 6) is 0.178. The van der Waals surface area contributed by atoms with Gasteiger partial charge in [0.2, 0.25) is 0 Å². The van der Waals surface area contributed by atoms with Gasteiger partial charge in [-0.3, -0.25) is 4.98 Å². The Morgan fingerprint density at radius 3 is 2.27 bits per heavy atom. The van der Waals surface area contributed by atoms with Crippen molar-refractivity contribution in [2.75, 3.05) is 7.11 Å². The molecule has 4 nitrogen and oxygen atoms in total. The fraction of sp³-hybridized carbons (Fsp3) is 0.667. The third kappa shape index (κ3) is 6.61. The van der Waals surface area contributed by atoms with Crippen LogP contribution in [0.2, 0.25) is 18.1 Å². The van der Waals surface area contributed by atoms with Gasteiger partial charge in [0.1, 0.15) is 6.10 Å². The first kappa shape index (κ1) is 32.2. The molecular weight excluding hydrogens is 543 g/mol. The van der Waals surface area contributed by atoms with Crippen LogP contribution in [0.15, 0.2) is 24.3 Å². The predicted octanol–water partition coefficient (Wildman–Crippen LogP) is 9.58. The number of fused-ring (bicyclic) bond motifs is 1. The number of aliphatic hydroxyl groups is 1. The molecule has 1 aromatic heterocycles. The minimum atomic E-state index is -4.51. The summed E-state index contributed by atoms with van der Waals surface area (Å²) in [4.78, 5) is 5.20. The van der Waals surface area contributed by atoms with Crippen LogP contribution in [0.4, 0.5) is 13.2 Å². The van der Waals surface area contributed by atoms with Crippen molar-refractivity contribution >= 4 is 8.32 Å². The van der Waals surface area contributed by atoms with Crippen LogP contribution in [0.5, 0.6) is 0 Å². The molecule has 0 radical (unpaired) electrons. The molecule has 0 amide bonds. The van der Waals surface area contributed by atoms with E-state index in [1.54, 1.807) is 13.2 Å². The monoisotopic (exact) mass is 591 g/mol. The fourth-order valence-corrected chi connectivity index (χ4v) is 7.64. The van der Waals surface area contributed by atoms with E-state index >= 15 is 0 Å². The predicted molar refractivity (Wildman–Crippen MR) is 160 cm³/mol. The first-order valence-corrected chi connectivity index (χ1v) is 17.9. The smallest absolute Gasteiger partial charge is 0.410 e. The number of aromatic nitrogens is 1. The highest BCUT2D eigenvalue weighted by molar-refractivity contribution is 6.74. The van der Waals surface area contributed by atoms with Gasteiger partial charge in [-0.05, 0) is 85.3 Å². The summed E-state index contributed by atoms with van der Waals surface area (Å²) >= 11 is 0. The zero-order valence-corrected chi connectivity index (χ0v) is 27.2. The molecule has 228 valence electrons. The first-order chi connectivity index (χ1) is 18.9. The molecular formula is C33H48F3NO3Si. The fourth-order valence-electron chi connectivity index (χ4n) is 6.38. The Balaban J connectivity index is 2.02. The van der Waals surface area contributed by atoms with Crippen LogP contribution in [0.3, 0.4) is 0 Å². The summed E-state index contributed by atoms with van der Waals surface area (Å²) in [5, 5.41) is 12.0. The Bertz CT molecular complexity index is 1250. The van der Waals surface area contributed by atoms with Gasteiger partial charge in [-0.25, -0.2) is 0 Å². The molecule has 1 heterocycles. The third-order valence-electron chi connectivity index (χ3n) is 9.68. The number of nitrogens with zero attached hydrogens (tertiary/aromatic N) is 1. The van der Waals surface area contributed by atoms with Crippen LogP contribution in [0, 0.1) is 5.41 Å². The summed E-state index contributed by atoms with van der Waals surface area (Å²) in [5.41, 5.74) is 3.69. The lowest BCUT2D eigenvalue weighted by atomic mass is 9.70.